The van der Waals surface area contributed by atoms with Gasteiger partial charge in [-0.05, 0) is 72.1 Å². The quantitative estimate of drug-likeness (QED) is 0.732. The third-order valence-corrected chi connectivity index (χ3v) is 6.33. The minimum atomic E-state index is -1.08. The molecule has 2 unspecified atom stereocenters. The lowest BCUT2D eigenvalue weighted by Crippen LogP contribution is -2.52. The number of rotatable bonds is 1. The molecule has 1 saturated carbocycles. The van der Waals surface area contributed by atoms with Crippen molar-refractivity contribution >= 4 is 0 Å². The molecule has 3 heteroatoms. The fourth-order valence-corrected chi connectivity index (χ4v) is 4.99. The molecule has 2 aliphatic rings. The Morgan fingerprint density at radius 1 is 1.17 bits per heavy atom. The Morgan fingerprint density at radius 2 is 1.87 bits per heavy atom. The van der Waals surface area contributed by atoms with Gasteiger partial charge in [0.15, 0.2) is 0 Å². The monoisotopic (exact) mass is 318 g/mol. The van der Waals surface area contributed by atoms with Crippen LogP contribution in [0.5, 0.6) is 5.75 Å². The van der Waals surface area contributed by atoms with Crippen molar-refractivity contribution in [3.05, 3.63) is 28.8 Å². The summed E-state index contributed by atoms with van der Waals surface area (Å²) in [7, 11) is 0. The zero-order valence-electron chi connectivity index (χ0n) is 14.8. The zero-order valence-corrected chi connectivity index (χ0v) is 14.8. The van der Waals surface area contributed by atoms with Crippen molar-refractivity contribution < 1.29 is 15.3 Å². The van der Waals surface area contributed by atoms with Gasteiger partial charge in [0.25, 0.3) is 0 Å². The summed E-state index contributed by atoms with van der Waals surface area (Å²) in [5, 5.41) is 32.7. The van der Waals surface area contributed by atoms with E-state index < -0.39 is 11.7 Å². The molecule has 3 rings (SSSR count). The van der Waals surface area contributed by atoms with Gasteiger partial charge in [-0.15, -0.1) is 0 Å². The highest BCUT2D eigenvalue weighted by Gasteiger charge is 2.53. The number of aromatic hydroxyl groups is 1. The van der Waals surface area contributed by atoms with E-state index in [1.165, 1.54) is 0 Å². The summed E-state index contributed by atoms with van der Waals surface area (Å²) in [4.78, 5) is 0. The van der Waals surface area contributed by atoms with Gasteiger partial charge >= 0.3 is 0 Å². The molecular formula is C20H30O3. The second-order valence-corrected chi connectivity index (χ2v) is 8.59. The van der Waals surface area contributed by atoms with E-state index in [2.05, 4.69) is 27.7 Å². The summed E-state index contributed by atoms with van der Waals surface area (Å²) in [6.45, 7) is 8.54. The summed E-state index contributed by atoms with van der Waals surface area (Å²) in [6.07, 6.45) is 3.47. The Kier molecular flexibility index (Phi) is 4.01. The van der Waals surface area contributed by atoms with Crippen LogP contribution in [0.1, 0.15) is 82.1 Å². The molecular weight excluding hydrogens is 288 g/mol. The maximum absolute atomic E-state index is 11.4. The summed E-state index contributed by atoms with van der Waals surface area (Å²) in [5.41, 5.74) is 1.66. The van der Waals surface area contributed by atoms with Crippen LogP contribution in [-0.4, -0.2) is 20.9 Å². The number of aryl methyl sites for hydroxylation is 1. The first kappa shape index (κ1) is 16.8. The van der Waals surface area contributed by atoms with Crippen LogP contribution in [0.4, 0.5) is 0 Å². The maximum Gasteiger partial charge on any atom is 0.119 e. The highest BCUT2D eigenvalue weighted by Crippen LogP contribution is 2.55. The van der Waals surface area contributed by atoms with Gasteiger partial charge in [-0.25, -0.2) is 0 Å². The molecule has 0 amide bonds. The van der Waals surface area contributed by atoms with Crippen molar-refractivity contribution in [1.29, 1.82) is 0 Å². The highest BCUT2D eigenvalue weighted by molar-refractivity contribution is 5.46. The molecule has 0 spiro atoms. The van der Waals surface area contributed by atoms with Crippen molar-refractivity contribution in [2.24, 2.45) is 11.3 Å². The summed E-state index contributed by atoms with van der Waals surface area (Å²) >= 11 is 0. The van der Waals surface area contributed by atoms with E-state index in [0.717, 1.165) is 42.4 Å². The van der Waals surface area contributed by atoms with Gasteiger partial charge in [0, 0.05) is 0 Å². The van der Waals surface area contributed by atoms with Crippen molar-refractivity contribution in [1.82, 2.24) is 0 Å². The lowest BCUT2D eigenvalue weighted by molar-refractivity contribution is -0.169. The molecule has 1 fully saturated rings. The van der Waals surface area contributed by atoms with Gasteiger partial charge in [-0.3, -0.25) is 0 Å². The number of aliphatic hydroxyl groups is 2. The van der Waals surface area contributed by atoms with Crippen LogP contribution in [0, 0.1) is 11.3 Å². The van der Waals surface area contributed by atoms with Crippen molar-refractivity contribution in [2.45, 2.75) is 77.4 Å². The summed E-state index contributed by atoms with van der Waals surface area (Å²) in [5.74, 6) is 0.549. The Bertz CT molecular complexity index is 605. The molecule has 1 aromatic rings. The molecule has 3 N–H and O–H groups in total. The molecule has 0 heterocycles. The Hall–Kier alpha value is -1.06. The predicted molar refractivity (Wildman–Crippen MR) is 91.5 cm³/mol. The van der Waals surface area contributed by atoms with E-state index in [4.69, 9.17) is 0 Å². The van der Waals surface area contributed by atoms with Gasteiger partial charge < -0.3 is 15.3 Å². The standard InChI is InChI=1S/C20H30O3/c1-12(2)14-10-13-6-7-17-19(3,4)8-5-9-20(17,23)18(22)15(13)11-16(14)21/h10-12,17-18,21-23H,5-9H2,1-4H3/t17-,18?,20?/m1/s1. The van der Waals surface area contributed by atoms with Gasteiger partial charge in [-0.2, -0.15) is 0 Å². The van der Waals surface area contributed by atoms with Crippen molar-refractivity contribution in [3.63, 3.8) is 0 Å². The van der Waals surface area contributed by atoms with Gasteiger partial charge in [-0.1, -0.05) is 33.8 Å². The Balaban J connectivity index is 2.10. The lowest BCUT2D eigenvalue weighted by atomic mass is 9.58. The molecule has 128 valence electrons. The van der Waals surface area contributed by atoms with Crippen LogP contribution < -0.4 is 0 Å². The first-order chi connectivity index (χ1) is 10.7. The largest absolute Gasteiger partial charge is 0.508 e. The first-order valence-electron chi connectivity index (χ1n) is 8.93. The highest BCUT2D eigenvalue weighted by atomic mass is 16.3. The second-order valence-electron chi connectivity index (χ2n) is 8.59. The number of phenolic OH excluding ortho intramolecular Hbond substituents is 1. The number of hydrogen-bond donors (Lipinski definition) is 3. The molecule has 0 aromatic heterocycles. The maximum atomic E-state index is 11.4. The number of aliphatic hydroxyl groups excluding tert-OH is 1. The molecule has 0 bridgehead atoms. The van der Waals surface area contributed by atoms with Gasteiger partial charge in [0.05, 0.1) is 5.60 Å². The molecule has 3 nitrogen and oxygen atoms in total. The van der Waals surface area contributed by atoms with Crippen molar-refractivity contribution in [3.8, 4) is 5.75 Å². The van der Waals surface area contributed by atoms with E-state index in [0.29, 0.717) is 6.42 Å². The average Bonchev–Trinajstić information content (AvgIpc) is 2.55. The Morgan fingerprint density at radius 3 is 2.52 bits per heavy atom. The van der Waals surface area contributed by atoms with E-state index in [-0.39, 0.29) is 23.0 Å². The number of hydrogen-bond acceptors (Lipinski definition) is 3. The summed E-state index contributed by atoms with van der Waals surface area (Å²) in [6, 6.07) is 3.73. The number of phenols is 1. The fourth-order valence-electron chi connectivity index (χ4n) is 4.99. The van der Waals surface area contributed by atoms with E-state index >= 15 is 0 Å². The van der Waals surface area contributed by atoms with E-state index in [1.54, 1.807) is 6.07 Å². The van der Waals surface area contributed by atoms with Crippen LogP contribution >= 0.6 is 0 Å². The zero-order chi connectivity index (χ0) is 17.0. The molecule has 23 heavy (non-hydrogen) atoms. The molecule has 0 saturated heterocycles. The normalized spacial score (nSPS) is 33.0. The summed E-state index contributed by atoms with van der Waals surface area (Å²) < 4.78 is 0. The predicted octanol–water partition coefficient (Wildman–Crippen LogP) is 4.05. The average molecular weight is 318 g/mol. The minimum Gasteiger partial charge on any atom is -0.508 e. The topological polar surface area (TPSA) is 60.7 Å². The molecule has 3 atom stereocenters. The molecule has 0 aliphatic heterocycles. The van der Waals surface area contributed by atoms with E-state index in [1.807, 2.05) is 6.07 Å². The fraction of sp³-hybridized carbons (Fsp3) is 0.700. The van der Waals surface area contributed by atoms with Crippen LogP contribution in [0.25, 0.3) is 0 Å². The minimum absolute atomic E-state index is 0.0267. The lowest BCUT2D eigenvalue weighted by Gasteiger charge is -2.50. The second kappa shape index (κ2) is 5.49. The third kappa shape index (κ3) is 2.58. The third-order valence-electron chi connectivity index (χ3n) is 6.33. The molecule has 2 aliphatic carbocycles. The number of benzene rings is 1. The molecule has 1 aromatic carbocycles. The van der Waals surface area contributed by atoms with Gasteiger partial charge in [0.2, 0.25) is 0 Å². The van der Waals surface area contributed by atoms with Crippen LogP contribution in [0.15, 0.2) is 12.1 Å². The van der Waals surface area contributed by atoms with E-state index in [9.17, 15) is 15.3 Å². The SMILES string of the molecule is CC(C)c1cc2c(cc1O)C(O)C1(O)CCCC(C)(C)[C@H]1CC2. The van der Waals surface area contributed by atoms with Crippen LogP contribution in [-0.2, 0) is 6.42 Å². The van der Waals surface area contributed by atoms with Crippen molar-refractivity contribution in [2.75, 3.05) is 0 Å². The van der Waals surface area contributed by atoms with Crippen LogP contribution in [0.2, 0.25) is 0 Å². The van der Waals surface area contributed by atoms with Crippen LogP contribution in [0.3, 0.4) is 0 Å². The smallest absolute Gasteiger partial charge is 0.119 e. The Labute approximate surface area is 139 Å². The first-order valence-corrected chi connectivity index (χ1v) is 8.93. The number of fused-ring (bicyclic) bond motifs is 2. The van der Waals surface area contributed by atoms with Gasteiger partial charge in [0.1, 0.15) is 11.9 Å². The molecule has 0 radical (unpaired) electrons.